The third-order valence-electron chi connectivity index (χ3n) is 6.66. The fourth-order valence-corrected chi connectivity index (χ4v) is 4.72. The van der Waals surface area contributed by atoms with Crippen molar-refractivity contribution in [2.24, 2.45) is 0 Å². The first-order valence-corrected chi connectivity index (χ1v) is 11.4. The number of carbonyl (C=O) groups excluding carboxylic acids is 1. The number of alkyl halides is 3. The van der Waals surface area contributed by atoms with Crippen molar-refractivity contribution in [3.05, 3.63) is 77.6 Å². The highest BCUT2D eigenvalue weighted by Gasteiger charge is 2.33. The maximum atomic E-state index is 15.1. The van der Waals surface area contributed by atoms with Gasteiger partial charge in [0, 0.05) is 24.9 Å². The molecule has 194 valence electrons. The summed E-state index contributed by atoms with van der Waals surface area (Å²) in [6.07, 6.45) is -0.739. The third kappa shape index (κ3) is 3.82. The normalized spacial score (nSPS) is 15.7. The van der Waals surface area contributed by atoms with Crippen LogP contribution in [0.4, 0.5) is 23.4 Å². The zero-order valence-corrected chi connectivity index (χ0v) is 19.8. The summed E-state index contributed by atoms with van der Waals surface area (Å²) in [6, 6.07) is 8.34. The van der Waals surface area contributed by atoms with Crippen LogP contribution in [0.15, 0.2) is 55.1 Å². The van der Waals surface area contributed by atoms with Crippen LogP contribution in [0, 0.1) is 5.82 Å². The Kier molecular flexibility index (Phi) is 5.35. The molecule has 0 saturated heterocycles. The highest BCUT2D eigenvalue weighted by Crippen LogP contribution is 2.34. The number of halogens is 4. The summed E-state index contributed by atoms with van der Waals surface area (Å²) in [5, 5.41) is 3.61. The highest BCUT2D eigenvalue weighted by atomic mass is 19.4. The Morgan fingerprint density at radius 1 is 1.18 bits per heavy atom. The molecule has 6 rings (SSSR count). The van der Waals surface area contributed by atoms with Crippen molar-refractivity contribution in [3.63, 3.8) is 0 Å². The second-order valence-electron chi connectivity index (χ2n) is 8.94. The van der Waals surface area contributed by atoms with Gasteiger partial charge in [0.05, 0.1) is 54.1 Å². The molecular weight excluding hydrogens is 506 g/mol. The Bertz CT molecular complexity index is 1730. The lowest BCUT2D eigenvalue weighted by atomic mass is 9.94. The minimum Gasteiger partial charge on any atom is -0.382 e. The Balaban J connectivity index is 1.33. The number of nitrogen functional groups attached to an aromatic ring is 1. The van der Waals surface area contributed by atoms with Gasteiger partial charge in [-0.05, 0) is 29.3 Å². The van der Waals surface area contributed by atoms with Gasteiger partial charge in [-0.3, -0.25) is 9.20 Å². The van der Waals surface area contributed by atoms with Crippen LogP contribution < -0.4 is 5.73 Å². The number of rotatable bonds is 3. The summed E-state index contributed by atoms with van der Waals surface area (Å²) >= 11 is 0. The Labute approximate surface area is 212 Å². The molecular formula is C25H19F4N7O2. The zero-order valence-electron chi connectivity index (χ0n) is 19.8. The van der Waals surface area contributed by atoms with E-state index in [-0.39, 0.29) is 40.5 Å². The number of anilines is 1. The average Bonchev–Trinajstić information content (AvgIpc) is 3.58. The standard InChI is InChI=1S/C25H19F4N7O2/c1-34(24(37)16-7-20-19(8-17(16)26)32-23(30)21-9-31-12-35(20)21)22-11-38-10-14-6-13(2-3-15(14)22)18-4-5-36(33-18)25(27,28)29/h2-9,12,22H,10-11H2,1H3,(H2,30,32)/t22-/m1/s1. The van der Waals surface area contributed by atoms with Crippen LogP contribution in [0.25, 0.3) is 27.8 Å². The van der Waals surface area contributed by atoms with E-state index >= 15 is 4.39 Å². The van der Waals surface area contributed by atoms with E-state index in [1.165, 1.54) is 29.6 Å². The van der Waals surface area contributed by atoms with Gasteiger partial charge >= 0.3 is 6.30 Å². The number of hydrogen-bond acceptors (Lipinski definition) is 6. The summed E-state index contributed by atoms with van der Waals surface area (Å²) in [6.45, 7) is 0.369. The molecule has 9 nitrogen and oxygen atoms in total. The number of hydrogen-bond donors (Lipinski definition) is 1. The molecule has 5 aromatic rings. The number of amides is 1. The van der Waals surface area contributed by atoms with Gasteiger partial charge in [-0.1, -0.05) is 12.1 Å². The first-order valence-electron chi connectivity index (χ1n) is 11.4. The monoisotopic (exact) mass is 525 g/mol. The molecule has 0 spiro atoms. The molecule has 0 fully saturated rings. The van der Waals surface area contributed by atoms with Crippen LogP contribution in [-0.2, 0) is 17.6 Å². The van der Waals surface area contributed by atoms with E-state index in [1.54, 1.807) is 29.6 Å². The van der Waals surface area contributed by atoms with E-state index in [0.717, 1.165) is 17.8 Å². The second kappa shape index (κ2) is 8.52. The van der Waals surface area contributed by atoms with Crippen molar-refractivity contribution in [2.75, 3.05) is 19.4 Å². The quantitative estimate of drug-likeness (QED) is 0.353. The summed E-state index contributed by atoms with van der Waals surface area (Å²) < 4.78 is 61.2. The van der Waals surface area contributed by atoms with Crippen LogP contribution in [0.1, 0.15) is 27.5 Å². The lowest BCUT2D eigenvalue weighted by molar-refractivity contribution is -0.212. The molecule has 0 aliphatic carbocycles. The minimum atomic E-state index is -4.62. The first-order chi connectivity index (χ1) is 18.1. The second-order valence-corrected chi connectivity index (χ2v) is 8.94. The van der Waals surface area contributed by atoms with Crippen molar-refractivity contribution >= 4 is 28.3 Å². The van der Waals surface area contributed by atoms with E-state index in [9.17, 15) is 18.0 Å². The van der Waals surface area contributed by atoms with Gasteiger partial charge in [0.25, 0.3) is 5.91 Å². The van der Waals surface area contributed by atoms with Gasteiger partial charge < -0.3 is 15.4 Å². The van der Waals surface area contributed by atoms with Crippen molar-refractivity contribution in [1.82, 2.24) is 29.0 Å². The molecule has 1 aliphatic heterocycles. The molecule has 0 radical (unpaired) electrons. The SMILES string of the molecule is CN(C(=O)c1cc2c(cc1F)nc(N)c1cncn12)[C@@H]1COCc2cc(-c3ccn(C(F)(F)F)n3)ccc21. The van der Waals surface area contributed by atoms with Crippen molar-refractivity contribution < 1.29 is 27.1 Å². The molecule has 38 heavy (non-hydrogen) atoms. The van der Waals surface area contributed by atoms with Gasteiger partial charge in [0.1, 0.15) is 17.2 Å². The lowest BCUT2D eigenvalue weighted by Gasteiger charge is -2.33. The first kappa shape index (κ1) is 23.9. The van der Waals surface area contributed by atoms with Crippen LogP contribution >= 0.6 is 0 Å². The van der Waals surface area contributed by atoms with Crippen LogP contribution in [0.3, 0.4) is 0 Å². The molecule has 0 saturated carbocycles. The smallest absolute Gasteiger partial charge is 0.382 e. The molecule has 0 bridgehead atoms. The van der Waals surface area contributed by atoms with E-state index in [2.05, 4.69) is 15.1 Å². The Morgan fingerprint density at radius 2 is 2.00 bits per heavy atom. The van der Waals surface area contributed by atoms with Gasteiger partial charge in [0.2, 0.25) is 0 Å². The van der Waals surface area contributed by atoms with Crippen molar-refractivity contribution in [1.29, 1.82) is 0 Å². The zero-order chi connectivity index (χ0) is 26.8. The molecule has 4 heterocycles. The number of ether oxygens (including phenoxy) is 1. The molecule has 0 unspecified atom stereocenters. The summed E-state index contributed by atoms with van der Waals surface area (Å²) in [5.41, 5.74) is 9.10. The van der Waals surface area contributed by atoms with E-state index in [4.69, 9.17) is 10.5 Å². The average molecular weight is 525 g/mol. The molecule has 1 amide bonds. The van der Waals surface area contributed by atoms with Crippen LogP contribution in [0.5, 0.6) is 0 Å². The Morgan fingerprint density at radius 3 is 2.76 bits per heavy atom. The molecule has 2 aromatic carbocycles. The van der Waals surface area contributed by atoms with E-state index in [0.29, 0.717) is 22.2 Å². The number of nitrogens with two attached hydrogens (primary N) is 1. The van der Waals surface area contributed by atoms with Gasteiger partial charge in [-0.25, -0.2) is 14.4 Å². The maximum absolute atomic E-state index is 15.1. The summed E-state index contributed by atoms with van der Waals surface area (Å²) in [5.74, 6) is -1.15. The maximum Gasteiger partial charge on any atom is 0.504 e. The number of benzene rings is 2. The molecule has 2 N–H and O–H groups in total. The predicted molar refractivity (Wildman–Crippen MR) is 128 cm³/mol. The summed E-state index contributed by atoms with van der Waals surface area (Å²) in [4.78, 5) is 23.1. The number of fused-ring (bicyclic) bond motifs is 4. The van der Waals surface area contributed by atoms with Crippen LogP contribution in [-0.4, -0.2) is 48.6 Å². The fourth-order valence-electron chi connectivity index (χ4n) is 4.72. The van der Waals surface area contributed by atoms with Crippen LogP contribution in [0.2, 0.25) is 0 Å². The van der Waals surface area contributed by atoms with Gasteiger partial charge in [0.15, 0.2) is 0 Å². The van der Waals surface area contributed by atoms with Gasteiger partial charge in [-0.15, -0.1) is 13.2 Å². The Hall–Kier alpha value is -4.52. The number of carbonyl (C=O) groups is 1. The fraction of sp³-hybridized carbons (Fsp3) is 0.200. The number of likely N-dealkylation sites (N-methyl/N-ethyl adjacent to an activating group) is 1. The number of aromatic nitrogens is 5. The van der Waals surface area contributed by atoms with E-state index in [1.807, 2.05) is 0 Å². The predicted octanol–water partition coefficient (Wildman–Crippen LogP) is 4.29. The number of imidazole rings is 1. The highest BCUT2D eigenvalue weighted by molar-refractivity contribution is 5.98. The summed E-state index contributed by atoms with van der Waals surface area (Å²) in [7, 11) is 1.54. The van der Waals surface area contributed by atoms with Crippen molar-refractivity contribution in [3.8, 4) is 11.3 Å². The van der Waals surface area contributed by atoms with Gasteiger partial charge in [-0.2, -0.15) is 9.78 Å². The molecule has 3 aromatic heterocycles. The molecule has 1 aliphatic rings. The number of nitrogens with zero attached hydrogens (tertiary/aromatic N) is 6. The molecule has 13 heteroatoms. The van der Waals surface area contributed by atoms with Crippen molar-refractivity contribution in [2.45, 2.75) is 18.9 Å². The molecule has 1 atom stereocenters. The van der Waals surface area contributed by atoms with E-state index < -0.39 is 24.1 Å². The minimum absolute atomic E-state index is 0.0624. The third-order valence-corrected chi connectivity index (χ3v) is 6.66. The topological polar surface area (TPSA) is 104 Å². The largest absolute Gasteiger partial charge is 0.504 e. The lowest BCUT2D eigenvalue weighted by Crippen LogP contribution is -2.36.